The van der Waals surface area contributed by atoms with Crippen molar-refractivity contribution in [1.82, 2.24) is 5.32 Å². The van der Waals surface area contributed by atoms with Gasteiger partial charge in [0.15, 0.2) is 55.5 Å². The van der Waals surface area contributed by atoms with Crippen molar-refractivity contribution in [1.29, 1.82) is 0 Å². The van der Waals surface area contributed by atoms with Gasteiger partial charge >= 0.3 is 0 Å². The minimum absolute atomic E-state index is 0.000161. The Labute approximate surface area is 556 Å². The molecule has 22 aliphatic rings. The molecule has 23 rings (SSSR count). The molecule has 0 unspecified atom stereocenters. The summed E-state index contributed by atoms with van der Waals surface area (Å²) in [7, 11) is 0. The number of fused-ring (bicyclic) bond motifs is 1. The van der Waals surface area contributed by atoms with Gasteiger partial charge in [-0.1, -0.05) is 0 Å². The van der Waals surface area contributed by atoms with Crippen molar-refractivity contribution in [2.24, 2.45) is 0 Å². The predicted octanol–water partition coefficient (Wildman–Crippen LogP) is -14.0. The molecule has 562 valence electrons. The summed E-state index contributed by atoms with van der Waals surface area (Å²) < 4.78 is 110. The van der Waals surface area contributed by atoms with Crippen molar-refractivity contribution < 1.29 is 197 Å². The molecule has 0 aromatic heterocycles. The third-order valence-electron chi connectivity index (χ3n) is 18.0. The van der Waals surface area contributed by atoms with E-state index in [1.807, 2.05) is 0 Å². The highest BCUT2D eigenvalue weighted by atomic mass is 16.8. The summed E-state index contributed by atoms with van der Waals surface area (Å²) in [5.74, 6) is -0.535. The quantitative estimate of drug-likeness (QED) is 0.109. The molecule has 22 aliphatic heterocycles. The molecular formula is C57H89NO40. The van der Waals surface area contributed by atoms with Crippen molar-refractivity contribution >= 4 is 5.91 Å². The highest BCUT2D eigenvalue weighted by molar-refractivity contribution is 5.94. The van der Waals surface area contributed by atoms with Gasteiger partial charge in [0.25, 0.3) is 5.91 Å². The van der Waals surface area contributed by atoms with E-state index in [4.69, 9.17) is 90.0 Å². The third kappa shape index (κ3) is 17.0. The van der Waals surface area contributed by atoms with Gasteiger partial charge in [-0.25, -0.2) is 0 Å². The first-order valence-corrected chi connectivity index (χ1v) is 31.8. The van der Waals surface area contributed by atoms with Gasteiger partial charge < -0.3 is 197 Å². The molecule has 1 aromatic rings. The Morgan fingerprint density at radius 2 is 0.520 bits per heavy atom. The average Bonchev–Trinajstić information content (AvgIpc) is 0.779. The lowest BCUT2D eigenvalue weighted by Crippen LogP contribution is -2.68. The highest BCUT2D eigenvalue weighted by Crippen LogP contribution is 2.40. The highest BCUT2D eigenvalue weighted by Gasteiger charge is 2.60. The van der Waals surface area contributed by atoms with E-state index in [0.29, 0.717) is 13.2 Å². The van der Waals surface area contributed by atoms with Crippen molar-refractivity contribution in [3.8, 4) is 11.5 Å². The first-order chi connectivity index (χ1) is 47.0. The summed E-state index contributed by atoms with van der Waals surface area (Å²) in [5.41, 5.74) is -0.0539. The lowest BCUT2D eigenvalue weighted by molar-refractivity contribution is -0.396. The van der Waals surface area contributed by atoms with Gasteiger partial charge in [0, 0.05) is 12.1 Å². The van der Waals surface area contributed by atoms with Crippen LogP contribution >= 0.6 is 0 Å². The molecule has 0 aliphatic carbocycles. The molecule has 21 fully saturated rings. The maximum atomic E-state index is 14.1. The predicted molar refractivity (Wildman–Crippen MR) is 304 cm³/mol. The topological polar surface area (TPSA) is 609 Å². The van der Waals surface area contributed by atoms with E-state index in [1.165, 1.54) is 18.2 Å². The van der Waals surface area contributed by atoms with Crippen LogP contribution in [-0.2, 0) is 80.5 Å². The number of nitrogens with one attached hydrogen (secondary N) is 1. The first kappa shape index (κ1) is 77.4. The van der Waals surface area contributed by atoms with Crippen LogP contribution in [0.1, 0.15) is 10.4 Å². The molecule has 14 bridgehead atoms. The molecule has 21 saturated heterocycles. The van der Waals surface area contributed by atoms with Crippen LogP contribution in [0.15, 0.2) is 18.2 Å². The van der Waals surface area contributed by atoms with Crippen LogP contribution in [0, 0.1) is 0 Å². The molecule has 0 spiro atoms. The molecule has 41 nitrogen and oxygen atoms in total. The van der Waals surface area contributed by atoms with Crippen LogP contribution in [0.4, 0.5) is 0 Å². The number of rotatable bonds is 9. The Kier molecular flexibility index (Phi) is 27.7. The van der Waals surface area contributed by atoms with Gasteiger partial charge in [-0.05, 0) is 18.2 Å². The number of hydrogen-bond donors (Lipinski definition) is 21. The molecule has 41 heteroatoms. The first-order valence-electron chi connectivity index (χ1n) is 31.8. The zero-order valence-corrected chi connectivity index (χ0v) is 52.2. The summed E-state index contributed by atoms with van der Waals surface area (Å²) in [4.78, 5) is 14.1. The van der Waals surface area contributed by atoms with E-state index < -0.39 is 267 Å². The number of aliphatic hydroxyl groups excluding tert-OH is 20. The molecule has 0 saturated carbocycles. The van der Waals surface area contributed by atoms with E-state index in [9.17, 15) is 107 Å². The minimum Gasteiger partial charge on any atom is -0.487 e. The Hall–Kier alpha value is -3.19. The van der Waals surface area contributed by atoms with Gasteiger partial charge in [0.05, 0.1) is 79.3 Å². The number of ether oxygens (including phenoxy) is 19. The Bertz CT molecular complexity index is 2600. The van der Waals surface area contributed by atoms with Gasteiger partial charge in [-0.15, -0.1) is 0 Å². The lowest BCUT2D eigenvalue weighted by Gasteiger charge is -2.50. The van der Waals surface area contributed by atoms with Crippen molar-refractivity contribution in [3.05, 3.63) is 23.8 Å². The van der Waals surface area contributed by atoms with Gasteiger partial charge in [0.1, 0.15) is 184 Å². The van der Waals surface area contributed by atoms with Gasteiger partial charge in [-0.3, -0.25) is 4.79 Å². The number of carbonyl (C=O) groups excluding carboxylic acids is 1. The van der Waals surface area contributed by atoms with Crippen molar-refractivity contribution in [3.63, 3.8) is 0 Å². The van der Waals surface area contributed by atoms with E-state index in [0.717, 1.165) is 0 Å². The SMILES string of the molecule is O=C(NC[C@H]1O[C@@H]2O[C@H]3[C@H](O)[C@@H](O)[C@@H](O[C@H]4[C@H](O)[C@@H](O)[C@@H](O[C@H]5[C@H](O)[C@@H](O)[C@@H](O[C@H]6[C@H](O)[C@@H](O)[C@@H](O[C@H]7[C@H](O)[C@@H](O)[C@@H](O[C@H]8[C@H](O)[C@@H](O)[C@@H](O[C@H]1[C@H](O)[C@H]2O)O[C@@H]8CO)O[C@@H]7CO)O[C@@H]6CO)O[C@@H]5CO)O[C@@H]4CO)O[C@@H]3CO)c1ccc2c(c1)OCCOCCOCCOCCO2. The molecule has 0 radical (unpaired) electrons. The molecule has 21 N–H and O–H groups in total. The average molecular weight is 1430 g/mol. The second-order valence-corrected chi connectivity index (χ2v) is 24.4. The van der Waals surface area contributed by atoms with Crippen molar-refractivity contribution in [2.75, 3.05) is 99.0 Å². The Balaban J connectivity index is 0.938. The normalized spacial score (nSPS) is 47.6. The number of aliphatic hydroxyl groups is 20. The van der Waals surface area contributed by atoms with E-state index in [-0.39, 0.29) is 56.7 Å². The zero-order valence-electron chi connectivity index (χ0n) is 52.2. The number of amides is 1. The molecule has 35 atom stereocenters. The molecule has 1 amide bonds. The summed E-state index contributed by atoms with van der Waals surface area (Å²) in [5, 5.41) is 228. The maximum Gasteiger partial charge on any atom is 0.251 e. The second-order valence-electron chi connectivity index (χ2n) is 24.4. The Morgan fingerprint density at radius 1 is 0.296 bits per heavy atom. The molecule has 1 aromatic carbocycles. The number of hydrogen-bond acceptors (Lipinski definition) is 40. The smallest absolute Gasteiger partial charge is 0.251 e. The summed E-state index contributed by atoms with van der Waals surface area (Å²) in [6, 6.07) is 4.13. The minimum atomic E-state index is -2.31. The third-order valence-corrected chi connectivity index (χ3v) is 18.0. The zero-order chi connectivity index (χ0) is 70.4. The van der Waals surface area contributed by atoms with E-state index >= 15 is 0 Å². The van der Waals surface area contributed by atoms with Crippen LogP contribution in [0.25, 0.3) is 0 Å². The summed E-state index contributed by atoms with van der Waals surface area (Å²) in [6.07, 6.45) is -72.3. The van der Waals surface area contributed by atoms with Gasteiger partial charge in [-0.2, -0.15) is 0 Å². The largest absolute Gasteiger partial charge is 0.487 e. The van der Waals surface area contributed by atoms with Crippen LogP contribution in [0.5, 0.6) is 11.5 Å². The lowest BCUT2D eigenvalue weighted by atomic mass is 9.95. The van der Waals surface area contributed by atoms with Crippen LogP contribution in [-0.4, -0.2) is 422 Å². The monoisotopic (exact) mass is 1430 g/mol. The van der Waals surface area contributed by atoms with Crippen LogP contribution < -0.4 is 14.8 Å². The van der Waals surface area contributed by atoms with Crippen molar-refractivity contribution in [2.45, 2.75) is 215 Å². The van der Waals surface area contributed by atoms with Crippen LogP contribution in [0.2, 0.25) is 0 Å². The fraction of sp³-hybridized carbons (Fsp3) is 0.877. The summed E-state index contributed by atoms with van der Waals surface area (Å²) >= 11 is 0. The fourth-order valence-electron chi connectivity index (χ4n) is 12.6. The number of carbonyl (C=O) groups is 1. The van der Waals surface area contributed by atoms with Gasteiger partial charge in [0.2, 0.25) is 0 Å². The van der Waals surface area contributed by atoms with E-state index in [2.05, 4.69) is 5.32 Å². The van der Waals surface area contributed by atoms with Crippen LogP contribution in [0.3, 0.4) is 0 Å². The standard InChI is InChI=1S/C57H89NO40/c59-13-23-44-31(67)38(74)53(87-23)95-46-25(15-61)89-55(40(76)33(46)69)97-48-27(17-63)91-57(42(78)35(48)71)98-49-28(18-64)90-56(41(77)34(49)70)96-47-26(16-62)88-54(39(75)32(47)68)94-45-24(14-60)86-52(37(73)30(45)66)92-43-22(85-51(93-44)36(72)29(43)65)12-58-50(79)19-1-2-20-21(11-19)84-10-8-82-6-4-80-3-5-81-7-9-83-20/h1-2,11,22-49,51-57,59-78H,3-10,12-18H2,(H,58,79)/t22-,23-,24-,25-,26-,27-,28-,29-,30-,31-,32-,33-,34-,35-,36-,37-,38-,39-,40-,41-,42-,43-,44-,45-,46-,47-,48-,49-,51-,52-,53-,54-,55-,56-,57-/m1/s1. The molecule has 22 heterocycles. The molecule has 98 heavy (non-hydrogen) atoms. The Morgan fingerprint density at radius 3 is 0.776 bits per heavy atom. The van der Waals surface area contributed by atoms with E-state index in [1.54, 1.807) is 0 Å². The number of benzene rings is 1. The maximum absolute atomic E-state index is 14.1. The summed E-state index contributed by atoms with van der Waals surface area (Å²) in [6.45, 7) is -5.74. The fourth-order valence-corrected chi connectivity index (χ4v) is 12.6. The second kappa shape index (κ2) is 35.1. The molecular weight excluding hydrogens is 1340 g/mol.